The number of hydrogen-bond acceptors (Lipinski definition) is 5. The molecule has 0 saturated carbocycles. The second kappa shape index (κ2) is 10.6. The van der Waals surface area contributed by atoms with E-state index in [9.17, 15) is 4.79 Å². The first-order chi connectivity index (χ1) is 15.2. The number of methoxy groups -OCH3 is 1. The lowest BCUT2D eigenvalue weighted by Gasteiger charge is -2.24. The van der Waals surface area contributed by atoms with Crippen LogP contribution in [0.4, 0.5) is 0 Å². The summed E-state index contributed by atoms with van der Waals surface area (Å²) in [5.74, 6) is 1.15. The third kappa shape index (κ3) is 5.71. The first kappa shape index (κ1) is 21.5. The number of hydrogen-bond donors (Lipinski definition) is 1. The fourth-order valence-electron chi connectivity index (χ4n) is 4.03. The van der Waals surface area contributed by atoms with Gasteiger partial charge < -0.3 is 15.0 Å². The van der Waals surface area contributed by atoms with Gasteiger partial charge in [-0.3, -0.25) is 4.79 Å². The average Bonchev–Trinajstić information content (AvgIpc) is 3.43. The number of ether oxygens (including phenoxy) is 1. The molecule has 31 heavy (non-hydrogen) atoms. The van der Waals surface area contributed by atoms with E-state index >= 15 is 0 Å². The third-order valence-corrected chi connectivity index (χ3v) is 6.69. The fourth-order valence-corrected chi connectivity index (χ4v) is 4.83. The second-order valence-corrected chi connectivity index (χ2v) is 8.78. The van der Waals surface area contributed by atoms with Gasteiger partial charge in [-0.25, -0.2) is 4.98 Å². The van der Waals surface area contributed by atoms with Gasteiger partial charge in [-0.05, 0) is 37.1 Å². The van der Waals surface area contributed by atoms with Gasteiger partial charge in [0.1, 0.15) is 5.75 Å². The molecule has 1 atom stereocenters. The molecular formula is C25H29N3O2S. The zero-order valence-corrected chi connectivity index (χ0v) is 18.7. The molecule has 1 aromatic heterocycles. The summed E-state index contributed by atoms with van der Waals surface area (Å²) >= 11 is 1.68. The van der Waals surface area contributed by atoms with Crippen molar-refractivity contribution in [3.8, 4) is 17.0 Å². The molecule has 1 N–H and O–H groups in total. The molecule has 6 heteroatoms. The maximum absolute atomic E-state index is 12.4. The Hall–Kier alpha value is -2.70. The molecule has 1 aliphatic rings. The highest BCUT2D eigenvalue weighted by Gasteiger charge is 2.30. The van der Waals surface area contributed by atoms with E-state index in [1.807, 2.05) is 30.3 Å². The lowest BCUT2D eigenvalue weighted by atomic mass is 10.1. The van der Waals surface area contributed by atoms with Crippen LogP contribution in [-0.4, -0.2) is 42.0 Å². The minimum atomic E-state index is 0.278. The van der Waals surface area contributed by atoms with Crippen LogP contribution >= 0.6 is 11.3 Å². The lowest BCUT2D eigenvalue weighted by molar-refractivity contribution is -0.129. The topological polar surface area (TPSA) is 54.5 Å². The van der Waals surface area contributed by atoms with Crippen LogP contribution in [0, 0.1) is 0 Å². The smallest absolute Gasteiger partial charge is 0.222 e. The first-order valence-corrected chi connectivity index (χ1v) is 11.7. The molecule has 0 spiro atoms. The fraction of sp³-hybridized carbons (Fsp3) is 0.360. The second-order valence-electron chi connectivity index (χ2n) is 7.84. The van der Waals surface area contributed by atoms with Crippen LogP contribution in [0.2, 0.25) is 0 Å². The Kier molecular flexibility index (Phi) is 7.33. The van der Waals surface area contributed by atoms with E-state index in [-0.39, 0.29) is 5.91 Å². The number of amides is 1. The summed E-state index contributed by atoms with van der Waals surface area (Å²) < 4.78 is 5.20. The van der Waals surface area contributed by atoms with Crippen LogP contribution < -0.4 is 10.1 Å². The van der Waals surface area contributed by atoms with E-state index in [1.54, 1.807) is 18.4 Å². The van der Waals surface area contributed by atoms with Crippen LogP contribution in [0.25, 0.3) is 11.3 Å². The number of carbonyl (C=O) groups is 1. The molecule has 1 amide bonds. The largest absolute Gasteiger partial charge is 0.497 e. The van der Waals surface area contributed by atoms with Gasteiger partial charge in [0.15, 0.2) is 0 Å². The average molecular weight is 436 g/mol. The highest BCUT2D eigenvalue weighted by molar-refractivity contribution is 7.09. The molecule has 0 unspecified atom stereocenters. The standard InChI is InChI=1S/C25H29N3O2S/c1-30-22-10-7-19(8-11-22)17-26-15-13-21-9-12-25(29)28(21)16-14-24-27-23(18-31-24)20-5-3-2-4-6-20/h2-8,10-11,18,21,26H,9,12-17H2,1H3/t21-/m1/s1. The summed E-state index contributed by atoms with van der Waals surface area (Å²) in [6.45, 7) is 2.48. The molecule has 0 bridgehead atoms. The van der Waals surface area contributed by atoms with Crippen molar-refractivity contribution in [2.45, 2.75) is 38.3 Å². The van der Waals surface area contributed by atoms with Crippen molar-refractivity contribution in [2.75, 3.05) is 20.2 Å². The normalized spacial score (nSPS) is 16.1. The van der Waals surface area contributed by atoms with Crippen LogP contribution in [0.5, 0.6) is 5.75 Å². The van der Waals surface area contributed by atoms with Gasteiger partial charge in [-0.1, -0.05) is 42.5 Å². The number of aromatic nitrogens is 1. The molecule has 0 aliphatic carbocycles. The minimum Gasteiger partial charge on any atom is -0.497 e. The van der Waals surface area contributed by atoms with Crippen molar-refractivity contribution in [3.05, 3.63) is 70.5 Å². The van der Waals surface area contributed by atoms with Gasteiger partial charge in [0, 0.05) is 42.9 Å². The van der Waals surface area contributed by atoms with Crippen molar-refractivity contribution in [2.24, 2.45) is 0 Å². The van der Waals surface area contributed by atoms with Gasteiger partial charge >= 0.3 is 0 Å². The van der Waals surface area contributed by atoms with Gasteiger partial charge in [0.2, 0.25) is 5.91 Å². The minimum absolute atomic E-state index is 0.278. The summed E-state index contributed by atoms with van der Waals surface area (Å²) in [6, 6.07) is 18.7. The first-order valence-electron chi connectivity index (χ1n) is 10.9. The van der Waals surface area contributed by atoms with Gasteiger partial charge in [0.05, 0.1) is 17.8 Å². The predicted octanol–water partition coefficient (Wildman–Crippen LogP) is 4.53. The number of rotatable bonds is 10. The quantitative estimate of drug-likeness (QED) is 0.475. The van der Waals surface area contributed by atoms with Gasteiger partial charge in [-0.2, -0.15) is 0 Å². The lowest BCUT2D eigenvalue weighted by Crippen LogP contribution is -2.36. The SMILES string of the molecule is COc1ccc(CNCC[C@H]2CCC(=O)N2CCc2nc(-c3ccccc3)cs2)cc1. The van der Waals surface area contributed by atoms with Crippen molar-refractivity contribution >= 4 is 17.2 Å². The van der Waals surface area contributed by atoms with E-state index in [0.29, 0.717) is 12.5 Å². The monoisotopic (exact) mass is 435 g/mol. The van der Waals surface area contributed by atoms with Gasteiger partial charge in [0.25, 0.3) is 0 Å². The zero-order valence-electron chi connectivity index (χ0n) is 17.9. The predicted molar refractivity (Wildman–Crippen MR) is 125 cm³/mol. The van der Waals surface area contributed by atoms with Crippen LogP contribution in [-0.2, 0) is 17.8 Å². The molecule has 0 radical (unpaired) electrons. The molecule has 1 saturated heterocycles. The number of likely N-dealkylation sites (tertiary alicyclic amines) is 1. The van der Waals surface area contributed by atoms with E-state index in [4.69, 9.17) is 9.72 Å². The summed E-state index contributed by atoms with van der Waals surface area (Å²) in [4.78, 5) is 19.3. The Bertz CT molecular complexity index is 972. The number of benzene rings is 2. The van der Waals surface area contributed by atoms with E-state index in [2.05, 4.69) is 39.9 Å². The summed E-state index contributed by atoms with van der Waals surface area (Å²) in [7, 11) is 1.68. The van der Waals surface area contributed by atoms with E-state index < -0.39 is 0 Å². The summed E-state index contributed by atoms with van der Waals surface area (Å²) in [6.07, 6.45) is 3.42. The molecule has 5 nitrogen and oxygen atoms in total. The number of nitrogens with zero attached hydrogens (tertiary/aromatic N) is 2. The van der Waals surface area contributed by atoms with Crippen molar-refractivity contribution in [1.82, 2.24) is 15.2 Å². The molecule has 2 aromatic carbocycles. The summed E-state index contributed by atoms with van der Waals surface area (Å²) in [5, 5.41) is 6.71. The summed E-state index contributed by atoms with van der Waals surface area (Å²) in [5.41, 5.74) is 3.40. The van der Waals surface area contributed by atoms with Crippen LogP contribution in [0.1, 0.15) is 29.8 Å². The Labute approximate surface area is 188 Å². The Morgan fingerprint density at radius 2 is 1.97 bits per heavy atom. The molecule has 1 aliphatic heterocycles. The van der Waals surface area contributed by atoms with Crippen molar-refractivity contribution in [1.29, 1.82) is 0 Å². The van der Waals surface area contributed by atoms with Crippen LogP contribution in [0.3, 0.4) is 0 Å². The Balaban J connectivity index is 1.24. The Morgan fingerprint density at radius 1 is 1.16 bits per heavy atom. The van der Waals surface area contributed by atoms with Crippen LogP contribution in [0.15, 0.2) is 60.0 Å². The highest BCUT2D eigenvalue weighted by Crippen LogP contribution is 2.24. The molecule has 3 aromatic rings. The molecule has 1 fully saturated rings. The van der Waals surface area contributed by atoms with E-state index in [1.165, 1.54) is 5.56 Å². The van der Waals surface area contributed by atoms with Crippen molar-refractivity contribution in [3.63, 3.8) is 0 Å². The van der Waals surface area contributed by atoms with Gasteiger partial charge in [-0.15, -0.1) is 11.3 Å². The number of thiazole rings is 1. The molecule has 162 valence electrons. The molecular weight excluding hydrogens is 406 g/mol. The third-order valence-electron chi connectivity index (χ3n) is 5.78. The highest BCUT2D eigenvalue weighted by atomic mass is 32.1. The molecule has 2 heterocycles. The van der Waals surface area contributed by atoms with E-state index in [0.717, 1.165) is 60.9 Å². The number of nitrogens with one attached hydrogen (secondary N) is 1. The Morgan fingerprint density at radius 3 is 2.74 bits per heavy atom. The maximum atomic E-state index is 12.4. The van der Waals surface area contributed by atoms with Crippen molar-refractivity contribution < 1.29 is 9.53 Å². The maximum Gasteiger partial charge on any atom is 0.222 e. The molecule has 4 rings (SSSR count). The zero-order chi connectivity index (χ0) is 21.5. The number of carbonyl (C=O) groups excluding carboxylic acids is 1.